The molecule has 1 nitrogen and oxygen atoms in total. The maximum atomic E-state index is 5.39. The van der Waals surface area contributed by atoms with E-state index in [-0.39, 0.29) is 0 Å². The molecule has 0 aliphatic carbocycles. The molecule has 0 heterocycles. The van der Waals surface area contributed by atoms with Gasteiger partial charge in [0.15, 0.2) is 0 Å². The van der Waals surface area contributed by atoms with Crippen molar-refractivity contribution in [3.63, 3.8) is 0 Å². The van der Waals surface area contributed by atoms with E-state index < -0.39 is 0 Å². The van der Waals surface area contributed by atoms with Gasteiger partial charge in [0.25, 0.3) is 0 Å². The van der Waals surface area contributed by atoms with Crippen molar-refractivity contribution in [2.75, 3.05) is 5.73 Å². The summed E-state index contributed by atoms with van der Waals surface area (Å²) in [6.07, 6.45) is 0. The molecule has 0 amide bonds. The van der Waals surface area contributed by atoms with Crippen molar-refractivity contribution in [2.45, 2.75) is 18.7 Å². The molecule has 0 saturated carbocycles. The van der Waals surface area contributed by atoms with Gasteiger partial charge < -0.3 is 5.73 Å². The fourth-order valence-electron chi connectivity index (χ4n) is 0.474. The molecule has 0 atom stereocenters. The molecule has 0 aliphatic heterocycles. The number of benzene rings is 1. The predicted molar refractivity (Wildman–Crippen MR) is 60.7 cm³/mol. The van der Waals surface area contributed by atoms with E-state index in [1.54, 1.807) is 0 Å². The minimum absolute atomic E-state index is 0.780. The Kier molecular flexibility index (Phi) is 11.5. The first-order valence-electron chi connectivity index (χ1n) is 3.83. The third kappa shape index (κ3) is 7.22. The molecule has 0 unspecified atom stereocenters. The Morgan fingerprint density at radius 1 is 1.08 bits per heavy atom. The number of rotatable bonds is 0. The third-order valence-electron chi connectivity index (χ3n) is 0.893. The third-order valence-corrected chi connectivity index (χ3v) is 1.19. The Hall–Kier alpha value is -0.890. The summed E-state index contributed by atoms with van der Waals surface area (Å²) in [4.78, 5) is 0.944. The summed E-state index contributed by atoms with van der Waals surface area (Å²) >= 11 is 4.08. The van der Waals surface area contributed by atoms with E-state index >= 15 is 0 Å². The molecule has 2 N–H and O–H groups in total. The van der Waals surface area contributed by atoms with Gasteiger partial charge in [0, 0.05) is 10.6 Å². The van der Waals surface area contributed by atoms with Gasteiger partial charge in [-0.2, -0.15) is 0 Å². The molecule has 0 bridgehead atoms. The van der Waals surface area contributed by atoms with Gasteiger partial charge in [-0.05, 0) is 24.3 Å². The zero-order valence-corrected chi connectivity index (χ0v) is 8.64. The first-order chi connectivity index (χ1) is 5.79. The summed E-state index contributed by atoms with van der Waals surface area (Å²) in [6, 6.07) is 7.36. The van der Waals surface area contributed by atoms with Crippen LogP contribution in [0.25, 0.3) is 0 Å². The lowest BCUT2D eigenvalue weighted by molar-refractivity contribution is 1.48. The van der Waals surface area contributed by atoms with E-state index in [0.717, 1.165) is 10.6 Å². The molecule has 0 aliphatic rings. The molecule has 1 rings (SSSR count). The molecule has 0 fully saturated rings. The summed E-state index contributed by atoms with van der Waals surface area (Å²) < 4.78 is 0. The number of hydrogen-bond donors (Lipinski definition) is 2. The highest BCUT2D eigenvalue weighted by molar-refractivity contribution is 7.80. The van der Waals surface area contributed by atoms with Crippen molar-refractivity contribution in [2.24, 2.45) is 0 Å². The topological polar surface area (TPSA) is 26.0 Å². The Balaban J connectivity index is 0. The number of nitrogen functional groups attached to an aromatic ring is 1. The number of nitrogens with two attached hydrogens (primary N) is 1. The van der Waals surface area contributed by atoms with Crippen LogP contribution in [0.15, 0.2) is 42.3 Å². The molecular formula is C10H17NS. The average Bonchev–Trinajstić information content (AvgIpc) is 2.17. The quantitative estimate of drug-likeness (QED) is 0.360. The largest absolute Gasteiger partial charge is 0.399 e. The van der Waals surface area contributed by atoms with E-state index in [9.17, 15) is 0 Å². The molecule has 0 saturated heterocycles. The van der Waals surface area contributed by atoms with Crippen molar-refractivity contribution in [1.82, 2.24) is 0 Å². The second-order valence-corrected chi connectivity index (χ2v) is 2.11. The Bertz CT molecular complexity index is 161. The summed E-state index contributed by atoms with van der Waals surface area (Å²) in [5, 5.41) is 0. The summed E-state index contributed by atoms with van der Waals surface area (Å²) in [5.41, 5.74) is 6.17. The van der Waals surface area contributed by atoms with E-state index in [4.69, 9.17) is 5.73 Å². The molecular weight excluding hydrogens is 166 g/mol. The van der Waals surface area contributed by atoms with Gasteiger partial charge in [-0.1, -0.05) is 13.8 Å². The van der Waals surface area contributed by atoms with Crippen LogP contribution in [0.4, 0.5) is 5.69 Å². The summed E-state index contributed by atoms with van der Waals surface area (Å²) in [7, 11) is 0. The van der Waals surface area contributed by atoms with Crippen LogP contribution in [0, 0.1) is 0 Å². The minimum Gasteiger partial charge on any atom is -0.399 e. The molecule has 1 aromatic carbocycles. The fraction of sp³-hybridized carbons (Fsp3) is 0.200. The van der Waals surface area contributed by atoms with E-state index in [1.807, 2.05) is 38.1 Å². The SMILES string of the molecule is C=C.CC.Nc1ccc(S)cc1. The Labute approximate surface area is 80.7 Å². The number of thiol groups is 1. The Morgan fingerprint density at radius 3 is 1.67 bits per heavy atom. The van der Waals surface area contributed by atoms with Crippen LogP contribution in [0.3, 0.4) is 0 Å². The standard InChI is InChI=1S/C6H7NS.C2H6.C2H4/c7-5-1-3-6(8)4-2-5;2*1-2/h1-4,8H,7H2;1-2H3;1-2H2. The molecule has 0 aromatic heterocycles. The maximum absolute atomic E-state index is 5.39. The van der Waals surface area contributed by atoms with Crippen molar-refractivity contribution in [3.05, 3.63) is 37.4 Å². The van der Waals surface area contributed by atoms with E-state index in [2.05, 4.69) is 25.8 Å². The van der Waals surface area contributed by atoms with Crippen LogP contribution in [-0.2, 0) is 0 Å². The second kappa shape index (κ2) is 10.1. The van der Waals surface area contributed by atoms with Crippen LogP contribution in [0.1, 0.15) is 13.8 Å². The number of hydrogen-bond acceptors (Lipinski definition) is 2. The molecule has 68 valence electrons. The van der Waals surface area contributed by atoms with Crippen molar-refractivity contribution in [1.29, 1.82) is 0 Å². The molecule has 0 radical (unpaired) electrons. The molecule has 2 heteroatoms. The van der Waals surface area contributed by atoms with E-state index in [0.29, 0.717) is 0 Å². The van der Waals surface area contributed by atoms with Gasteiger partial charge in [0.1, 0.15) is 0 Å². The average molecular weight is 183 g/mol. The van der Waals surface area contributed by atoms with Crippen LogP contribution < -0.4 is 5.73 Å². The molecule has 1 aromatic rings. The predicted octanol–water partition coefficient (Wildman–Crippen LogP) is 3.39. The summed E-state index contributed by atoms with van der Waals surface area (Å²) in [6.45, 7) is 10.0. The first-order valence-corrected chi connectivity index (χ1v) is 4.28. The highest BCUT2D eigenvalue weighted by atomic mass is 32.1. The normalized spacial score (nSPS) is 6.92. The Morgan fingerprint density at radius 2 is 1.42 bits per heavy atom. The van der Waals surface area contributed by atoms with Crippen LogP contribution >= 0.6 is 12.6 Å². The van der Waals surface area contributed by atoms with Gasteiger partial charge in [0.2, 0.25) is 0 Å². The first kappa shape index (κ1) is 13.7. The zero-order chi connectivity index (χ0) is 9.98. The highest BCUT2D eigenvalue weighted by Gasteiger charge is 1.81. The van der Waals surface area contributed by atoms with Crippen LogP contribution in [0.2, 0.25) is 0 Å². The van der Waals surface area contributed by atoms with Gasteiger partial charge >= 0.3 is 0 Å². The second-order valence-electron chi connectivity index (χ2n) is 1.59. The summed E-state index contributed by atoms with van der Waals surface area (Å²) in [5.74, 6) is 0. The molecule has 12 heavy (non-hydrogen) atoms. The van der Waals surface area contributed by atoms with Gasteiger partial charge in [-0.25, -0.2) is 0 Å². The maximum Gasteiger partial charge on any atom is 0.0314 e. The lowest BCUT2D eigenvalue weighted by atomic mass is 10.3. The van der Waals surface area contributed by atoms with Crippen LogP contribution in [0.5, 0.6) is 0 Å². The van der Waals surface area contributed by atoms with Crippen molar-refractivity contribution >= 4 is 18.3 Å². The smallest absolute Gasteiger partial charge is 0.0314 e. The fourth-order valence-corrected chi connectivity index (χ4v) is 0.623. The van der Waals surface area contributed by atoms with Gasteiger partial charge in [-0.3, -0.25) is 0 Å². The highest BCUT2D eigenvalue weighted by Crippen LogP contribution is 2.07. The van der Waals surface area contributed by atoms with Gasteiger partial charge in [0.05, 0.1) is 0 Å². The zero-order valence-electron chi connectivity index (χ0n) is 7.75. The number of anilines is 1. The van der Waals surface area contributed by atoms with Crippen LogP contribution in [-0.4, -0.2) is 0 Å². The van der Waals surface area contributed by atoms with Crippen molar-refractivity contribution < 1.29 is 0 Å². The van der Waals surface area contributed by atoms with Crippen molar-refractivity contribution in [3.8, 4) is 0 Å². The van der Waals surface area contributed by atoms with E-state index in [1.165, 1.54) is 0 Å². The van der Waals surface area contributed by atoms with Gasteiger partial charge in [-0.15, -0.1) is 25.8 Å². The monoisotopic (exact) mass is 183 g/mol. The minimum atomic E-state index is 0.780. The molecule has 0 spiro atoms. The lowest BCUT2D eigenvalue weighted by Crippen LogP contribution is -1.80. The lowest BCUT2D eigenvalue weighted by Gasteiger charge is -1.89.